The molecule has 3 nitrogen and oxygen atoms in total. The highest BCUT2D eigenvalue weighted by molar-refractivity contribution is 6.12. The van der Waals surface area contributed by atoms with Crippen LogP contribution in [0.1, 0.15) is 24.3 Å². The van der Waals surface area contributed by atoms with E-state index >= 15 is 0 Å². The van der Waals surface area contributed by atoms with Gasteiger partial charge in [-0.3, -0.25) is 0 Å². The van der Waals surface area contributed by atoms with E-state index in [2.05, 4.69) is 0 Å². The number of hydrogen-bond donors (Lipinski definition) is 0. The number of furan rings is 1. The molecule has 0 spiro atoms. The molecule has 1 aliphatic rings. The molecule has 1 saturated carbocycles. The summed E-state index contributed by atoms with van der Waals surface area (Å²) in [5.74, 6) is 0.465. The third-order valence-corrected chi connectivity index (χ3v) is 4.36. The lowest BCUT2D eigenvalue weighted by Crippen LogP contribution is -2.00. The molecule has 4 aromatic rings. The van der Waals surface area contributed by atoms with Crippen molar-refractivity contribution in [3.63, 3.8) is 0 Å². The Morgan fingerprint density at radius 2 is 1.81 bits per heavy atom. The van der Waals surface area contributed by atoms with Crippen molar-refractivity contribution in [3.8, 4) is 0 Å². The molecule has 0 radical (unpaired) electrons. The summed E-state index contributed by atoms with van der Waals surface area (Å²) in [6.45, 7) is 0. The zero-order valence-corrected chi connectivity index (χ0v) is 11.3. The normalized spacial score (nSPS) is 15.2. The Morgan fingerprint density at radius 1 is 0.952 bits per heavy atom. The van der Waals surface area contributed by atoms with Gasteiger partial charge in [0.15, 0.2) is 5.58 Å². The zero-order valence-electron chi connectivity index (χ0n) is 11.3. The summed E-state index contributed by atoms with van der Waals surface area (Å²) in [6.07, 6.45) is 3.99. The van der Waals surface area contributed by atoms with Crippen molar-refractivity contribution in [1.82, 2.24) is 0 Å². The Labute approximate surface area is 119 Å². The monoisotopic (exact) mass is 276 g/mol. The first-order valence-corrected chi connectivity index (χ1v) is 7.18. The highest BCUT2D eigenvalue weighted by atomic mass is 16.4. The van der Waals surface area contributed by atoms with Gasteiger partial charge >= 0.3 is 5.63 Å². The maximum absolute atomic E-state index is 12.4. The highest BCUT2D eigenvalue weighted by Crippen LogP contribution is 2.44. The van der Waals surface area contributed by atoms with Crippen LogP contribution in [0.4, 0.5) is 0 Å². The van der Waals surface area contributed by atoms with Crippen molar-refractivity contribution < 1.29 is 8.83 Å². The van der Waals surface area contributed by atoms with Crippen molar-refractivity contribution in [3.05, 3.63) is 58.6 Å². The Balaban J connectivity index is 2.02. The van der Waals surface area contributed by atoms with Gasteiger partial charge in [0.2, 0.25) is 0 Å². The predicted octanol–water partition coefficient (Wildman–Crippen LogP) is 4.57. The van der Waals surface area contributed by atoms with Crippen molar-refractivity contribution in [1.29, 1.82) is 0 Å². The molecule has 0 atom stereocenters. The first-order chi connectivity index (χ1) is 10.3. The fourth-order valence-corrected chi connectivity index (χ4v) is 3.15. The smallest absolute Gasteiger partial charge is 0.347 e. The molecule has 1 aliphatic carbocycles. The van der Waals surface area contributed by atoms with E-state index in [1.807, 2.05) is 36.4 Å². The summed E-state index contributed by atoms with van der Waals surface area (Å²) < 4.78 is 11.4. The first-order valence-electron chi connectivity index (χ1n) is 7.18. The fourth-order valence-electron chi connectivity index (χ4n) is 3.15. The van der Waals surface area contributed by atoms with Gasteiger partial charge in [0.25, 0.3) is 0 Å². The average Bonchev–Trinajstić information content (AvgIpc) is 3.26. The molecule has 102 valence electrons. The maximum atomic E-state index is 12.4. The molecule has 2 aromatic heterocycles. The number of fused-ring (bicyclic) bond motifs is 5. The van der Waals surface area contributed by atoms with Crippen molar-refractivity contribution >= 4 is 32.7 Å². The Bertz CT molecular complexity index is 1060. The molecule has 0 amide bonds. The number of rotatable bonds is 1. The molecular weight excluding hydrogens is 264 g/mol. The third-order valence-electron chi connectivity index (χ3n) is 4.36. The molecular formula is C18H12O3. The molecule has 2 heterocycles. The summed E-state index contributed by atoms with van der Waals surface area (Å²) in [6, 6.07) is 11.9. The van der Waals surface area contributed by atoms with Crippen molar-refractivity contribution in [2.24, 2.45) is 0 Å². The summed E-state index contributed by atoms with van der Waals surface area (Å²) >= 11 is 0. The van der Waals surface area contributed by atoms with Gasteiger partial charge in [0, 0.05) is 10.9 Å². The van der Waals surface area contributed by atoms with Crippen LogP contribution in [0.15, 0.2) is 56.3 Å². The van der Waals surface area contributed by atoms with Gasteiger partial charge in [-0.2, -0.15) is 0 Å². The largest absolute Gasteiger partial charge is 0.463 e. The van der Waals surface area contributed by atoms with Crippen molar-refractivity contribution in [2.45, 2.75) is 18.8 Å². The molecule has 0 saturated heterocycles. The lowest BCUT2D eigenvalue weighted by molar-refractivity contribution is 0.567. The zero-order chi connectivity index (χ0) is 14.0. The summed E-state index contributed by atoms with van der Waals surface area (Å²) in [5, 5.41) is 3.50. The van der Waals surface area contributed by atoms with Crippen LogP contribution in [0, 0.1) is 0 Å². The van der Waals surface area contributed by atoms with E-state index in [0.717, 1.165) is 34.6 Å². The van der Waals surface area contributed by atoms with Crippen molar-refractivity contribution in [2.75, 3.05) is 0 Å². The van der Waals surface area contributed by atoms with Gasteiger partial charge in [-0.25, -0.2) is 4.79 Å². The van der Waals surface area contributed by atoms with E-state index in [-0.39, 0.29) is 5.63 Å². The second-order valence-corrected chi connectivity index (χ2v) is 5.72. The average molecular weight is 276 g/mol. The van der Waals surface area contributed by atoms with Gasteiger partial charge < -0.3 is 8.83 Å². The second-order valence-electron chi connectivity index (χ2n) is 5.72. The quantitative estimate of drug-likeness (QED) is 0.378. The minimum atomic E-state index is -0.287. The van der Waals surface area contributed by atoms with Crippen LogP contribution in [0.3, 0.4) is 0 Å². The summed E-state index contributed by atoms with van der Waals surface area (Å²) in [5.41, 5.74) is 1.99. The predicted molar refractivity (Wildman–Crippen MR) is 81.7 cm³/mol. The van der Waals surface area contributed by atoms with E-state index in [9.17, 15) is 4.79 Å². The standard InChI is InChI=1S/C18H12O3/c19-18-15-14(11-5-6-11)9-20-17(15)13-8-7-10-3-1-2-4-12(10)16(13)21-18/h1-4,7-9,11H,5-6H2. The number of benzene rings is 2. The first kappa shape index (κ1) is 11.1. The van der Waals surface area contributed by atoms with Crippen LogP contribution in [0.25, 0.3) is 32.7 Å². The van der Waals surface area contributed by atoms with Gasteiger partial charge in [0.05, 0.1) is 11.6 Å². The van der Waals surface area contributed by atoms with Crippen LogP contribution in [-0.2, 0) is 0 Å². The van der Waals surface area contributed by atoms with Gasteiger partial charge in [-0.1, -0.05) is 30.3 Å². The molecule has 0 bridgehead atoms. The molecule has 3 heteroatoms. The number of hydrogen-bond acceptors (Lipinski definition) is 3. The molecule has 0 unspecified atom stereocenters. The summed E-state index contributed by atoms with van der Waals surface area (Å²) in [7, 11) is 0. The molecule has 21 heavy (non-hydrogen) atoms. The van der Waals surface area contributed by atoms with E-state index in [1.165, 1.54) is 0 Å². The second kappa shape index (κ2) is 3.76. The van der Waals surface area contributed by atoms with E-state index in [1.54, 1.807) is 6.26 Å². The summed E-state index contributed by atoms with van der Waals surface area (Å²) in [4.78, 5) is 12.4. The fraction of sp³-hybridized carbons (Fsp3) is 0.167. The lowest BCUT2D eigenvalue weighted by atomic mass is 10.0. The minimum Gasteiger partial charge on any atom is -0.463 e. The van der Waals surface area contributed by atoms with Gasteiger partial charge in [-0.15, -0.1) is 0 Å². The van der Waals surface area contributed by atoms with Gasteiger partial charge in [-0.05, 0) is 30.2 Å². The van der Waals surface area contributed by atoms with Crippen LogP contribution in [0.2, 0.25) is 0 Å². The Kier molecular flexibility index (Phi) is 1.99. The molecule has 1 fully saturated rings. The van der Waals surface area contributed by atoms with Gasteiger partial charge in [0.1, 0.15) is 11.0 Å². The van der Waals surface area contributed by atoms with Crippen LogP contribution < -0.4 is 5.63 Å². The Hall–Kier alpha value is -2.55. The topological polar surface area (TPSA) is 43.4 Å². The van der Waals surface area contributed by atoms with Crippen LogP contribution in [0.5, 0.6) is 0 Å². The van der Waals surface area contributed by atoms with E-state index in [0.29, 0.717) is 22.5 Å². The minimum absolute atomic E-state index is 0.287. The highest BCUT2D eigenvalue weighted by Gasteiger charge is 2.29. The molecule has 0 N–H and O–H groups in total. The maximum Gasteiger partial charge on any atom is 0.347 e. The lowest BCUT2D eigenvalue weighted by Gasteiger charge is -2.03. The third kappa shape index (κ3) is 1.46. The van der Waals surface area contributed by atoms with E-state index < -0.39 is 0 Å². The van der Waals surface area contributed by atoms with Crippen LogP contribution in [-0.4, -0.2) is 0 Å². The Morgan fingerprint density at radius 3 is 2.67 bits per heavy atom. The van der Waals surface area contributed by atoms with Crippen LogP contribution >= 0.6 is 0 Å². The molecule has 2 aromatic carbocycles. The molecule has 0 aliphatic heterocycles. The molecule has 5 rings (SSSR count). The SMILES string of the molecule is O=c1oc2c3ccccc3ccc2c2occ(C3CC3)c12. The van der Waals surface area contributed by atoms with E-state index in [4.69, 9.17) is 8.83 Å².